The van der Waals surface area contributed by atoms with Crippen LogP contribution < -0.4 is 4.90 Å². The first kappa shape index (κ1) is 13.7. The molecule has 2 aromatic carbocycles. The highest BCUT2D eigenvalue weighted by Crippen LogP contribution is 2.39. The van der Waals surface area contributed by atoms with Gasteiger partial charge in [-0.3, -0.25) is 4.90 Å². The largest absolute Gasteiger partial charge is 0.507 e. The highest BCUT2D eigenvalue weighted by Gasteiger charge is 2.30. The van der Waals surface area contributed by atoms with Crippen molar-refractivity contribution in [2.75, 3.05) is 11.4 Å². The summed E-state index contributed by atoms with van der Waals surface area (Å²) in [4.78, 5) is 13.9. The first-order valence-corrected chi connectivity index (χ1v) is 7.11. The number of nitrogens with zero attached hydrogens (tertiary/aromatic N) is 1. The van der Waals surface area contributed by atoms with Gasteiger partial charge in [0.2, 0.25) is 0 Å². The second-order valence-electron chi connectivity index (χ2n) is 6.32. The summed E-state index contributed by atoms with van der Waals surface area (Å²) >= 11 is 0. The number of hydrogen-bond acceptors (Lipinski definition) is 3. The van der Waals surface area contributed by atoms with Crippen LogP contribution in [0.15, 0.2) is 30.3 Å². The first-order valence-electron chi connectivity index (χ1n) is 7.11. The Hall–Kier alpha value is -2.23. The lowest BCUT2D eigenvalue weighted by atomic mass is 10.0. The van der Waals surface area contributed by atoms with Gasteiger partial charge in [-0.25, -0.2) is 4.79 Å². The Morgan fingerprint density at radius 3 is 2.57 bits per heavy atom. The summed E-state index contributed by atoms with van der Waals surface area (Å²) in [6, 6.07) is 9.37. The van der Waals surface area contributed by atoms with Crippen LogP contribution in [0.5, 0.6) is 5.75 Å². The molecular formula is C17H19NO3. The van der Waals surface area contributed by atoms with Crippen LogP contribution in [0.2, 0.25) is 0 Å². The molecule has 1 aliphatic rings. The van der Waals surface area contributed by atoms with Crippen molar-refractivity contribution in [2.45, 2.75) is 32.8 Å². The van der Waals surface area contributed by atoms with Crippen molar-refractivity contribution in [2.24, 2.45) is 0 Å². The molecule has 110 valence electrons. The van der Waals surface area contributed by atoms with Gasteiger partial charge >= 0.3 is 6.09 Å². The van der Waals surface area contributed by atoms with E-state index in [2.05, 4.69) is 0 Å². The Balaban J connectivity index is 2.05. The molecule has 1 aliphatic heterocycles. The summed E-state index contributed by atoms with van der Waals surface area (Å²) in [6.45, 7) is 6.12. The van der Waals surface area contributed by atoms with Gasteiger partial charge in [0, 0.05) is 18.0 Å². The number of anilines is 1. The molecule has 3 rings (SSSR count). The summed E-state index contributed by atoms with van der Waals surface area (Å²) < 4.78 is 5.44. The maximum absolute atomic E-state index is 12.3. The zero-order valence-corrected chi connectivity index (χ0v) is 12.5. The minimum atomic E-state index is -0.529. The smallest absolute Gasteiger partial charge is 0.414 e. The van der Waals surface area contributed by atoms with E-state index in [9.17, 15) is 9.90 Å². The number of fused-ring (bicyclic) bond motifs is 3. The lowest BCUT2D eigenvalue weighted by Crippen LogP contribution is -2.35. The van der Waals surface area contributed by atoms with E-state index in [0.29, 0.717) is 6.54 Å². The van der Waals surface area contributed by atoms with Crippen molar-refractivity contribution >= 4 is 22.6 Å². The zero-order valence-electron chi connectivity index (χ0n) is 12.5. The maximum atomic E-state index is 12.3. The Labute approximate surface area is 123 Å². The number of amides is 1. The fourth-order valence-corrected chi connectivity index (χ4v) is 2.76. The summed E-state index contributed by atoms with van der Waals surface area (Å²) in [7, 11) is 0. The fourth-order valence-electron chi connectivity index (χ4n) is 2.76. The molecule has 0 atom stereocenters. The van der Waals surface area contributed by atoms with Gasteiger partial charge < -0.3 is 9.84 Å². The van der Waals surface area contributed by atoms with E-state index in [1.807, 2.05) is 45.0 Å². The zero-order chi connectivity index (χ0) is 15.2. The average molecular weight is 285 g/mol. The molecule has 1 heterocycles. The molecule has 4 heteroatoms. The number of benzene rings is 2. The van der Waals surface area contributed by atoms with Crippen LogP contribution in [-0.2, 0) is 11.2 Å². The molecular weight excluding hydrogens is 266 g/mol. The van der Waals surface area contributed by atoms with Gasteiger partial charge in [0.05, 0.1) is 5.69 Å². The number of rotatable bonds is 0. The second kappa shape index (κ2) is 4.65. The molecule has 0 aromatic heterocycles. The molecule has 0 saturated heterocycles. The molecule has 1 amide bonds. The third-order valence-electron chi connectivity index (χ3n) is 3.60. The fraction of sp³-hybridized carbons (Fsp3) is 0.353. The van der Waals surface area contributed by atoms with Crippen molar-refractivity contribution in [1.29, 1.82) is 0 Å². The molecule has 0 radical (unpaired) electrons. The van der Waals surface area contributed by atoms with Crippen molar-refractivity contribution in [3.05, 3.63) is 35.9 Å². The number of hydrogen-bond donors (Lipinski definition) is 1. The van der Waals surface area contributed by atoms with Gasteiger partial charge in [0.25, 0.3) is 0 Å². The predicted octanol–water partition coefficient (Wildman–Crippen LogP) is 3.84. The second-order valence-corrected chi connectivity index (χ2v) is 6.32. The van der Waals surface area contributed by atoms with Gasteiger partial charge in [0.15, 0.2) is 0 Å². The van der Waals surface area contributed by atoms with Gasteiger partial charge in [-0.2, -0.15) is 0 Å². The van der Waals surface area contributed by atoms with Crippen molar-refractivity contribution in [1.82, 2.24) is 0 Å². The lowest BCUT2D eigenvalue weighted by molar-refractivity contribution is 0.0584. The normalized spacial score (nSPS) is 14.3. The van der Waals surface area contributed by atoms with E-state index >= 15 is 0 Å². The molecule has 0 aliphatic carbocycles. The minimum absolute atomic E-state index is 0.194. The number of phenolic OH excluding ortho intramolecular Hbond substituents is 1. The van der Waals surface area contributed by atoms with Gasteiger partial charge in [-0.05, 0) is 38.1 Å². The number of carbonyl (C=O) groups excluding carboxylic acids is 1. The van der Waals surface area contributed by atoms with E-state index in [-0.39, 0.29) is 11.8 Å². The van der Waals surface area contributed by atoms with Crippen LogP contribution >= 0.6 is 0 Å². The van der Waals surface area contributed by atoms with Gasteiger partial charge in [0.1, 0.15) is 11.4 Å². The van der Waals surface area contributed by atoms with Crippen LogP contribution in [0, 0.1) is 0 Å². The Bertz CT molecular complexity index is 716. The highest BCUT2D eigenvalue weighted by molar-refractivity contribution is 6.01. The van der Waals surface area contributed by atoms with E-state index < -0.39 is 5.60 Å². The Morgan fingerprint density at radius 1 is 1.24 bits per heavy atom. The number of phenols is 1. The predicted molar refractivity (Wildman–Crippen MR) is 82.9 cm³/mol. The van der Waals surface area contributed by atoms with Gasteiger partial charge in [-0.1, -0.05) is 24.3 Å². The van der Waals surface area contributed by atoms with E-state index in [1.54, 1.807) is 11.0 Å². The molecule has 4 nitrogen and oxygen atoms in total. The molecule has 0 spiro atoms. The third-order valence-corrected chi connectivity index (χ3v) is 3.60. The molecule has 0 saturated carbocycles. The molecule has 1 N–H and O–H groups in total. The standard InChI is InChI=1S/C17H19NO3/c1-17(2,3)21-16(20)18-9-8-12-11-6-4-5-7-13(11)15(19)10-14(12)18/h4-7,10,19H,8-9H2,1-3H3. The molecule has 0 bridgehead atoms. The van der Waals surface area contributed by atoms with Gasteiger partial charge in [-0.15, -0.1) is 0 Å². The first-order chi connectivity index (χ1) is 9.87. The number of ether oxygens (including phenoxy) is 1. The molecule has 0 fully saturated rings. The van der Waals surface area contributed by atoms with Crippen LogP contribution in [0.25, 0.3) is 10.8 Å². The van der Waals surface area contributed by atoms with Crippen LogP contribution in [0.3, 0.4) is 0 Å². The number of aromatic hydroxyl groups is 1. The average Bonchev–Trinajstić information content (AvgIpc) is 2.81. The van der Waals surface area contributed by atoms with E-state index in [1.165, 1.54) is 0 Å². The monoisotopic (exact) mass is 285 g/mol. The van der Waals surface area contributed by atoms with E-state index in [0.717, 1.165) is 28.4 Å². The highest BCUT2D eigenvalue weighted by atomic mass is 16.6. The Morgan fingerprint density at radius 2 is 1.90 bits per heavy atom. The number of carbonyl (C=O) groups is 1. The summed E-state index contributed by atoms with van der Waals surface area (Å²) in [5.74, 6) is 0.194. The Kier molecular flexibility index (Phi) is 3.04. The van der Waals surface area contributed by atoms with Crippen molar-refractivity contribution < 1.29 is 14.6 Å². The third kappa shape index (κ3) is 2.42. The summed E-state index contributed by atoms with van der Waals surface area (Å²) in [6.07, 6.45) is 0.408. The molecule has 21 heavy (non-hydrogen) atoms. The minimum Gasteiger partial charge on any atom is -0.507 e. The topological polar surface area (TPSA) is 49.8 Å². The van der Waals surface area contributed by atoms with Crippen molar-refractivity contribution in [3.8, 4) is 5.75 Å². The molecule has 0 unspecified atom stereocenters. The summed E-state index contributed by atoms with van der Waals surface area (Å²) in [5.41, 5.74) is 1.31. The lowest BCUT2D eigenvalue weighted by Gasteiger charge is -2.25. The van der Waals surface area contributed by atoms with Crippen molar-refractivity contribution in [3.63, 3.8) is 0 Å². The molecule has 2 aromatic rings. The summed E-state index contributed by atoms with van der Waals surface area (Å²) in [5, 5.41) is 12.0. The van der Waals surface area contributed by atoms with E-state index in [4.69, 9.17) is 4.74 Å². The SMILES string of the molecule is CC(C)(C)OC(=O)N1CCc2c1cc(O)c1ccccc21. The maximum Gasteiger partial charge on any atom is 0.414 e. The quantitative estimate of drug-likeness (QED) is 0.800. The van der Waals surface area contributed by atoms with Crippen LogP contribution in [-0.4, -0.2) is 23.3 Å². The van der Waals surface area contributed by atoms with Crippen LogP contribution in [0.4, 0.5) is 10.5 Å². The van der Waals surface area contributed by atoms with Crippen LogP contribution in [0.1, 0.15) is 26.3 Å².